The molecule has 4 nitrogen and oxygen atoms in total. The molecule has 0 atom stereocenters. The van der Waals surface area contributed by atoms with Crippen LogP contribution < -0.4 is 5.32 Å². The molecule has 4 heteroatoms. The molecular weight excluding hydrogens is 338 g/mol. The first kappa shape index (κ1) is 18.4. The first-order valence-corrected chi connectivity index (χ1v) is 8.77. The van der Waals surface area contributed by atoms with Gasteiger partial charge in [-0.3, -0.25) is 4.79 Å². The lowest BCUT2D eigenvalue weighted by Gasteiger charge is -2.11. The van der Waals surface area contributed by atoms with E-state index in [2.05, 4.69) is 5.32 Å². The summed E-state index contributed by atoms with van der Waals surface area (Å²) >= 11 is 0. The van der Waals surface area contributed by atoms with Gasteiger partial charge in [0.25, 0.3) is 5.91 Å². The van der Waals surface area contributed by atoms with Gasteiger partial charge >= 0.3 is 5.97 Å². The van der Waals surface area contributed by atoms with Crippen LogP contribution in [-0.2, 0) is 16.0 Å². The Labute approximate surface area is 158 Å². The topological polar surface area (TPSA) is 55.4 Å². The molecule has 136 valence electrons. The van der Waals surface area contributed by atoms with Crippen LogP contribution in [0.15, 0.2) is 78.9 Å². The number of carbonyl (C=O) groups is 2. The van der Waals surface area contributed by atoms with Crippen molar-refractivity contribution >= 4 is 17.6 Å². The molecule has 3 rings (SSSR count). The summed E-state index contributed by atoms with van der Waals surface area (Å²) in [5.74, 6) is -0.872. The molecule has 1 amide bonds. The standard InChI is InChI=1S/C23H21NO3/c1-17-8-7-12-20(14-17)23(26)27-16-22(25)24-21-13-6-5-11-19(21)15-18-9-3-2-4-10-18/h2-14H,15-16H2,1H3,(H,24,25). The zero-order chi connectivity index (χ0) is 19.1. The quantitative estimate of drug-likeness (QED) is 0.665. The van der Waals surface area contributed by atoms with Crippen LogP contribution in [0, 0.1) is 6.92 Å². The number of rotatable bonds is 6. The second kappa shape index (κ2) is 8.81. The lowest BCUT2D eigenvalue weighted by atomic mass is 10.0. The van der Waals surface area contributed by atoms with Crippen LogP contribution in [-0.4, -0.2) is 18.5 Å². The minimum atomic E-state index is -0.508. The van der Waals surface area contributed by atoms with E-state index in [9.17, 15) is 9.59 Å². The molecule has 0 aromatic heterocycles. The van der Waals surface area contributed by atoms with E-state index in [1.807, 2.05) is 67.6 Å². The van der Waals surface area contributed by atoms with E-state index in [0.717, 1.165) is 22.4 Å². The summed E-state index contributed by atoms with van der Waals surface area (Å²) < 4.78 is 5.12. The maximum Gasteiger partial charge on any atom is 0.338 e. The van der Waals surface area contributed by atoms with Crippen LogP contribution in [0.1, 0.15) is 27.0 Å². The second-order valence-corrected chi connectivity index (χ2v) is 6.31. The average Bonchev–Trinajstić information content (AvgIpc) is 2.68. The summed E-state index contributed by atoms with van der Waals surface area (Å²) in [6.45, 7) is 1.57. The highest BCUT2D eigenvalue weighted by Gasteiger charge is 2.12. The van der Waals surface area contributed by atoms with Gasteiger partial charge in [0.1, 0.15) is 0 Å². The fourth-order valence-corrected chi connectivity index (χ4v) is 2.78. The van der Waals surface area contributed by atoms with Gasteiger partial charge in [0.15, 0.2) is 6.61 Å². The molecule has 0 saturated heterocycles. The van der Waals surface area contributed by atoms with Crippen LogP contribution in [0.5, 0.6) is 0 Å². The van der Waals surface area contributed by atoms with Crippen molar-refractivity contribution < 1.29 is 14.3 Å². The van der Waals surface area contributed by atoms with Gasteiger partial charge in [0.2, 0.25) is 0 Å². The Morgan fingerprint density at radius 1 is 0.889 bits per heavy atom. The Bertz CT molecular complexity index is 935. The van der Waals surface area contributed by atoms with Gasteiger partial charge in [-0.15, -0.1) is 0 Å². The first-order chi connectivity index (χ1) is 13.1. The average molecular weight is 359 g/mol. The number of aryl methyl sites for hydroxylation is 1. The van der Waals surface area contributed by atoms with E-state index in [4.69, 9.17) is 4.74 Å². The van der Waals surface area contributed by atoms with Crippen molar-refractivity contribution in [2.24, 2.45) is 0 Å². The fourth-order valence-electron chi connectivity index (χ4n) is 2.78. The summed E-state index contributed by atoms with van der Waals surface area (Å²) in [5.41, 5.74) is 4.28. The highest BCUT2D eigenvalue weighted by Crippen LogP contribution is 2.19. The summed E-state index contributed by atoms with van der Waals surface area (Å²) in [4.78, 5) is 24.3. The lowest BCUT2D eigenvalue weighted by Crippen LogP contribution is -2.21. The van der Waals surface area contributed by atoms with E-state index in [1.165, 1.54) is 0 Å². The molecule has 0 heterocycles. The summed E-state index contributed by atoms with van der Waals surface area (Å²) in [5, 5.41) is 2.83. The number of benzene rings is 3. The van der Waals surface area contributed by atoms with E-state index in [-0.39, 0.29) is 12.5 Å². The maximum absolute atomic E-state index is 12.2. The van der Waals surface area contributed by atoms with E-state index in [1.54, 1.807) is 18.2 Å². The van der Waals surface area contributed by atoms with Crippen LogP contribution >= 0.6 is 0 Å². The van der Waals surface area contributed by atoms with Crippen LogP contribution in [0.4, 0.5) is 5.69 Å². The maximum atomic E-state index is 12.2. The minimum Gasteiger partial charge on any atom is -0.452 e. The van der Waals surface area contributed by atoms with E-state index in [0.29, 0.717) is 12.0 Å². The fraction of sp³-hybridized carbons (Fsp3) is 0.130. The largest absolute Gasteiger partial charge is 0.452 e. The third-order valence-corrected chi connectivity index (χ3v) is 4.12. The van der Waals surface area contributed by atoms with Crippen LogP contribution in [0.3, 0.4) is 0 Å². The molecule has 3 aromatic rings. The third kappa shape index (κ3) is 5.28. The zero-order valence-electron chi connectivity index (χ0n) is 15.1. The first-order valence-electron chi connectivity index (χ1n) is 8.77. The van der Waals surface area contributed by atoms with Crippen molar-refractivity contribution in [2.45, 2.75) is 13.3 Å². The number of amides is 1. The van der Waals surface area contributed by atoms with Gasteiger partial charge < -0.3 is 10.1 Å². The normalized spacial score (nSPS) is 10.3. The predicted octanol–water partition coefficient (Wildman–Crippen LogP) is 4.38. The number of esters is 1. The summed E-state index contributed by atoms with van der Waals surface area (Å²) in [7, 11) is 0. The van der Waals surface area contributed by atoms with Crippen molar-refractivity contribution in [3.63, 3.8) is 0 Å². The number of carbonyl (C=O) groups excluding carboxylic acids is 2. The highest BCUT2D eigenvalue weighted by atomic mass is 16.5. The van der Waals surface area contributed by atoms with Gasteiger partial charge in [-0.05, 0) is 42.7 Å². The number of anilines is 1. The molecule has 0 aliphatic heterocycles. The molecule has 0 aliphatic rings. The number of nitrogens with one attached hydrogen (secondary N) is 1. The van der Waals surface area contributed by atoms with Crippen molar-refractivity contribution in [1.29, 1.82) is 0 Å². The Hall–Kier alpha value is -3.40. The van der Waals surface area contributed by atoms with Gasteiger partial charge in [-0.2, -0.15) is 0 Å². The van der Waals surface area contributed by atoms with Gasteiger partial charge in [0.05, 0.1) is 5.56 Å². The van der Waals surface area contributed by atoms with E-state index < -0.39 is 5.97 Å². The highest BCUT2D eigenvalue weighted by molar-refractivity contribution is 5.96. The lowest BCUT2D eigenvalue weighted by molar-refractivity contribution is -0.119. The smallest absolute Gasteiger partial charge is 0.338 e. The Morgan fingerprint density at radius 3 is 2.41 bits per heavy atom. The summed E-state index contributed by atoms with van der Waals surface area (Å²) in [6.07, 6.45) is 0.709. The zero-order valence-corrected chi connectivity index (χ0v) is 15.1. The molecule has 0 saturated carbocycles. The number of ether oxygens (including phenoxy) is 1. The molecule has 0 radical (unpaired) electrons. The molecular formula is C23H21NO3. The SMILES string of the molecule is Cc1cccc(C(=O)OCC(=O)Nc2ccccc2Cc2ccccc2)c1. The van der Waals surface area contributed by atoms with Gasteiger partial charge in [0, 0.05) is 5.69 Å². The summed E-state index contributed by atoms with van der Waals surface area (Å²) in [6, 6.07) is 24.7. The molecule has 27 heavy (non-hydrogen) atoms. The Kier molecular flexibility index (Phi) is 6.00. The molecule has 0 unspecified atom stereocenters. The monoisotopic (exact) mass is 359 g/mol. The number of hydrogen-bond donors (Lipinski definition) is 1. The molecule has 1 N–H and O–H groups in total. The van der Waals surface area contributed by atoms with Gasteiger partial charge in [-0.25, -0.2) is 4.79 Å². The van der Waals surface area contributed by atoms with Crippen molar-refractivity contribution in [3.05, 3.63) is 101 Å². The minimum absolute atomic E-state index is 0.327. The third-order valence-electron chi connectivity index (χ3n) is 4.12. The van der Waals surface area contributed by atoms with Crippen molar-refractivity contribution in [2.75, 3.05) is 11.9 Å². The predicted molar refractivity (Wildman–Crippen MR) is 106 cm³/mol. The van der Waals surface area contributed by atoms with E-state index >= 15 is 0 Å². The molecule has 0 spiro atoms. The van der Waals surface area contributed by atoms with Crippen molar-refractivity contribution in [3.8, 4) is 0 Å². The molecule has 0 fully saturated rings. The molecule has 0 aliphatic carbocycles. The number of para-hydroxylation sites is 1. The number of hydrogen-bond acceptors (Lipinski definition) is 3. The van der Waals surface area contributed by atoms with Crippen LogP contribution in [0.25, 0.3) is 0 Å². The van der Waals surface area contributed by atoms with Crippen molar-refractivity contribution in [1.82, 2.24) is 0 Å². The van der Waals surface area contributed by atoms with Gasteiger partial charge in [-0.1, -0.05) is 66.2 Å². The molecule has 0 bridgehead atoms. The molecule has 3 aromatic carbocycles. The Morgan fingerprint density at radius 2 is 1.63 bits per heavy atom. The second-order valence-electron chi connectivity index (χ2n) is 6.31. The van der Waals surface area contributed by atoms with Crippen LogP contribution in [0.2, 0.25) is 0 Å². The Balaban J connectivity index is 1.60.